The van der Waals surface area contributed by atoms with Crippen molar-refractivity contribution in [2.45, 2.75) is 0 Å². The third kappa shape index (κ3) is 2.52. The van der Waals surface area contributed by atoms with Gasteiger partial charge in [0.25, 0.3) is 0 Å². The fourth-order valence-electron chi connectivity index (χ4n) is 3.69. The highest BCUT2D eigenvalue weighted by Gasteiger charge is 2.52. The Morgan fingerprint density at radius 3 is 2.75 bits per heavy atom. The summed E-state index contributed by atoms with van der Waals surface area (Å²) in [5.41, 5.74) is 0.128. The van der Waals surface area contributed by atoms with Gasteiger partial charge in [-0.1, -0.05) is 0 Å². The zero-order chi connectivity index (χ0) is 14.2. The Kier molecular flexibility index (Phi) is 3.88. The van der Waals surface area contributed by atoms with Crippen LogP contribution in [0.5, 0.6) is 0 Å². The molecule has 20 heavy (non-hydrogen) atoms. The lowest BCUT2D eigenvalue weighted by atomic mass is 9.80. The van der Waals surface area contributed by atoms with E-state index in [1.807, 2.05) is 19.0 Å². The van der Waals surface area contributed by atoms with E-state index in [1.54, 1.807) is 4.90 Å². The molecule has 3 fully saturated rings. The van der Waals surface area contributed by atoms with Gasteiger partial charge in [0, 0.05) is 58.2 Å². The van der Waals surface area contributed by atoms with E-state index < -0.39 is 0 Å². The van der Waals surface area contributed by atoms with E-state index in [4.69, 9.17) is 9.47 Å². The van der Waals surface area contributed by atoms with Crippen LogP contribution in [0.2, 0.25) is 0 Å². The van der Waals surface area contributed by atoms with E-state index in [1.165, 1.54) is 0 Å². The smallest absolute Gasteiger partial charge is 0.319 e. The molecule has 3 aliphatic heterocycles. The maximum Gasteiger partial charge on any atom is 0.319 e. The number of fused-ring (bicyclic) bond motifs is 1. The second kappa shape index (κ2) is 5.50. The minimum atomic E-state index is 0.126. The summed E-state index contributed by atoms with van der Waals surface area (Å²) in [6.07, 6.45) is 0. The highest BCUT2D eigenvalue weighted by Crippen LogP contribution is 2.42. The van der Waals surface area contributed by atoms with Crippen molar-refractivity contribution in [3.05, 3.63) is 0 Å². The zero-order valence-corrected chi connectivity index (χ0v) is 12.5. The molecule has 6 nitrogen and oxygen atoms in total. The molecule has 0 aliphatic carbocycles. The molecule has 0 saturated carbocycles. The lowest BCUT2D eigenvalue weighted by Crippen LogP contribution is -2.48. The third-order valence-corrected chi connectivity index (χ3v) is 4.82. The van der Waals surface area contributed by atoms with Crippen molar-refractivity contribution in [1.82, 2.24) is 14.7 Å². The summed E-state index contributed by atoms with van der Waals surface area (Å²) in [5, 5.41) is 0. The molecule has 114 valence electrons. The van der Waals surface area contributed by atoms with Crippen molar-refractivity contribution >= 4 is 6.03 Å². The predicted molar refractivity (Wildman–Crippen MR) is 74.7 cm³/mol. The van der Waals surface area contributed by atoms with E-state index >= 15 is 0 Å². The van der Waals surface area contributed by atoms with Crippen LogP contribution in [0.3, 0.4) is 0 Å². The monoisotopic (exact) mass is 283 g/mol. The fourth-order valence-corrected chi connectivity index (χ4v) is 3.69. The van der Waals surface area contributed by atoms with Crippen molar-refractivity contribution < 1.29 is 14.3 Å². The average Bonchev–Trinajstić information content (AvgIpc) is 2.95. The molecule has 3 rings (SSSR count). The molecule has 0 unspecified atom stereocenters. The van der Waals surface area contributed by atoms with Gasteiger partial charge in [-0.3, -0.25) is 4.90 Å². The molecule has 0 aromatic rings. The number of carbonyl (C=O) groups excluding carboxylic acids is 1. The Morgan fingerprint density at radius 2 is 2.05 bits per heavy atom. The summed E-state index contributed by atoms with van der Waals surface area (Å²) in [6, 6.07) is 0.126. The number of rotatable bonds is 2. The Balaban J connectivity index is 1.68. The number of urea groups is 1. The molecular formula is C14H25N3O3. The van der Waals surface area contributed by atoms with Crippen LogP contribution in [0.25, 0.3) is 0 Å². The highest BCUT2D eigenvalue weighted by atomic mass is 16.5. The van der Waals surface area contributed by atoms with Crippen molar-refractivity contribution in [2.75, 3.05) is 73.2 Å². The molecule has 0 aromatic carbocycles. The third-order valence-electron chi connectivity index (χ3n) is 4.82. The predicted octanol–water partition coefficient (Wildman–Crippen LogP) is -0.0514. The minimum absolute atomic E-state index is 0.126. The molecule has 0 spiro atoms. The number of ether oxygens (including phenoxy) is 2. The van der Waals surface area contributed by atoms with Crippen LogP contribution in [0, 0.1) is 11.3 Å². The molecule has 2 atom stereocenters. The minimum Gasteiger partial charge on any atom is -0.380 e. The maximum atomic E-state index is 12.2. The van der Waals surface area contributed by atoms with Gasteiger partial charge in [-0.2, -0.15) is 0 Å². The van der Waals surface area contributed by atoms with Gasteiger partial charge in [-0.05, 0) is 0 Å². The van der Waals surface area contributed by atoms with Gasteiger partial charge in [-0.15, -0.1) is 0 Å². The van der Waals surface area contributed by atoms with Crippen LogP contribution in [0.4, 0.5) is 4.79 Å². The highest BCUT2D eigenvalue weighted by molar-refractivity contribution is 5.74. The van der Waals surface area contributed by atoms with E-state index in [2.05, 4.69) is 4.90 Å². The van der Waals surface area contributed by atoms with Crippen molar-refractivity contribution in [1.29, 1.82) is 0 Å². The quantitative estimate of drug-likeness (QED) is 0.713. The normalized spacial score (nSPS) is 34.3. The van der Waals surface area contributed by atoms with Gasteiger partial charge in [0.05, 0.1) is 26.4 Å². The molecule has 3 saturated heterocycles. The van der Waals surface area contributed by atoms with Crippen LogP contribution in [-0.4, -0.2) is 94.0 Å². The van der Waals surface area contributed by atoms with Crippen LogP contribution in [0.15, 0.2) is 0 Å². The summed E-state index contributed by atoms with van der Waals surface area (Å²) in [7, 11) is 3.64. The van der Waals surface area contributed by atoms with Crippen molar-refractivity contribution in [2.24, 2.45) is 11.3 Å². The second-order valence-electron chi connectivity index (χ2n) is 6.52. The van der Waals surface area contributed by atoms with Crippen LogP contribution in [0.1, 0.15) is 0 Å². The number of likely N-dealkylation sites (tertiary alicyclic amines) is 1. The van der Waals surface area contributed by atoms with Gasteiger partial charge in [0.15, 0.2) is 0 Å². The summed E-state index contributed by atoms with van der Waals surface area (Å²) >= 11 is 0. The number of amides is 2. The molecule has 6 heteroatoms. The summed E-state index contributed by atoms with van der Waals surface area (Å²) in [4.78, 5) is 18.3. The average molecular weight is 283 g/mol. The number of hydrogen-bond acceptors (Lipinski definition) is 4. The Bertz CT molecular complexity index is 371. The first kappa shape index (κ1) is 14.1. The zero-order valence-electron chi connectivity index (χ0n) is 12.5. The number of morpholine rings is 1. The number of nitrogens with zero attached hydrogens (tertiary/aromatic N) is 3. The summed E-state index contributed by atoms with van der Waals surface area (Å²) < 4.78 is 11.2. The second-order valence-corrected chi connectivity index (χ2v) is 6.52. The van der Waals surface area contributed by atoms with Crippen LogP contribution >= 0.6 is 0 Å². The molecule has 2 amide bonds. The van der Waals surface area contributed by atoms with E-state index in [0.29, 0.717) is 5.92 Å². The van der Waals surface area contributed by atoms with Crippen molar-refractivity contribution in [3.8, 4) is 0 Å². The van der Waals surface area contributed by atoms with Crippen LogP contribution < -0.4 is 0 Å². The first-order chi connectivity index (χ1) is 9.61. The van der Waals surface area contributed by atoms with Gasteiger partial charge in [0.2, 0.25) is 0 Å². The molecular weight excluding hydrogens is 258 g/mol. The molecule has 0 N–H and O–H groups in total. The van der Waals surface area contributed by atoms with Gasteiger partial charge < -0.3 is 19.3 Å². The van der Waals surface area contributed by atoms with Gasteiger partial charge in [-0.25, -0.2) is 4.79 Å². The molecule has 0 bridgehead atoms. The first-order valence-corrected chi connectivity index (χ1v) is 7.45. The molecule has 0 radical (unpaired) electrons. The Hall–Kier alpha value is -0.850. The maximum absolute atomic E-state index is 12.2. The Labute approximate surface area is 120 Å². The molecule has 3 heterocycles. The topological polar surface area (TPSA) is 45.2 Å². The lowest BCUT2D eigenvalue weighted by molar-refractivity contribution is 0.0109. The van der Waals surface area contributed by atoms with Crippen LogP contribution in [-0.2, 0) is 9.47 Å². The van der Waals surface area contributed by atoms with E-state index in [-0.39, 0.29) is 11.4 Å². The lowest BCUT2D eigenvalue weighted by Gasteiger charge is -2.36. The molecule has 0 aromatic heterocycles. The number of carbonyl (C=O) groups is 1. The molecule has 3 aliphatic rings. The Morgan fingerprint density at radius 1 is 1.30 bits per heavy atom. The summed E-state index contributed by atoms with van der Waals surface area (Å²) in [6.45, 7) is 7.90. The van der Waals surface area contributed by atoms with Gasteiger partial charge in [0.1, 0.15) is 0 Å². The van der Waals surface area contributed by atoms with E-state index in [9.17, 15) is 4.79 Å². The first-order valence-electron chi connectivity index (χ1n) is 7.45. The largest absolute Gasteiger partial charge is 0.380 e. The fraction of sp³-hybridized carbons (Fsp3) is 0.929. The SMILES string of the molecule is CN(C)C(=O)N1C[C@@H]2COC[C@]2(CN2CCOCC2)C1. The van der Waals surface area contributed by atoms with Gasteiger partial charge >= 0.3 is 6.03 Å². The van der Waals surface area contributed by atoms with Crippen molar-refractivity contribution in [3.63, 3.8) is 0 Å². The standard InChI is InChI=1S/C14H25N3O3/c1-15(2)13(18)17-7-12-8-20-11-14(12,10-17)9-16-3-5-19-6-4-16/h12H,3-11H2,1-2H3/t12-,14+/m1/s1. The van der Waals surface area contributed by atoms with E-state index in [0.717, 1.165) is 59.2 Å². The summed E-state index contributed by atoms with van der Waals surface area (Å²) in [5.74, 6) is 0.481. The number of hydrogen-bond donors (Lipinski definition) is 0.